The lowest BCUT2D eigenvalue weighted by molar-refractivity contribution is 0.476. The maximum Gasteiger partial charge on any atom is 0.181 e. The second-order valence-corrected chi connectivity index (χ2v) is 12.8. The van der Waals surface area contributed by atoms with Gasteiger partial charge in [-0.25, -0.2) is 0 Å². The topological polar surface area (TPSA) is 61.3 Å². The third-order valence-electron chi connectivity index (χ3n) is 7.75. The van der Waals surface area contributed by atoms with Gasteiger partial charge in [-0.2, -0.15) is 0 Å². The smallest absolute Gasteiger partial charge is 0.181 e. The molecule has 0 bridgehead atoms. The van der Waals surface area contributed by atoms with Gasteiger partial charge >= 0.3 is 0 Å². The normalized spacial score (nSPS) is 12.6. The zero-order valence-electron chi connectivity index (χ0n) is 24.2. The number of ether oxygens (including phenoxy) is 1. The van der Waals surface area contributed by atoms with Crippen molar-refractivity contribution in [3.63, 3.8) is 0 Å². The quantitative estimate of drug-likeness (QED) is 0.222. The standard InChI is InChI=1S/C36H32N2O3/c1-35(2,3)22-15-16-37-27(18-22)25-19-30(34-32-31-28(40-33(25)32)11-8-12-29(31)41-34)39-24-10-7-9-21(17-24)26-14-13-23(20-38-26)36(4,5)6/h7-20H,1-6H3. The summed E-state index contributed by atoms with van der Waals surface area (Å²) in [6.07, 6.45) is 3.82. The van der Waals surface area contributed by atoms with E-state index < -0.39 is 0 Å². The van der Waals surface area contributed by atoms with E-state index >= 15 is 0 Å². The Bertz CT molecular complexity index is 2030. The van der Waals surface area contributed by atoms with Gasteiger partial charge in [0.25, 0.3) is 0 Å². The Balaban J connectivity index is 1.36. The minimum atomic E-state index is -0.0201. The molecule has 0 N–H and O–H groups in total. The predicted molar refractivity (Wildman–Crippen MR) is 165 cm³/mol. The number of hydrogen-bond acceptors (Lipinski definition) is 5. The van der Waals surface area contributed by atoms with Gasteiger partial charge in [-0.15, -0.1) is 0 Å². The first-order valence-electron chi connectivity index (χ1n) is 14.0. The van der Waals surface area contributed by atoms with Crippen LogP contribution < -0.4 is 4.74 Å². The highest BCUT2D eigenvalue weighted by Crippen LogP contribution is 2.48. The Hall–Kier alpha value is -4.64. The fraction of sp³-hybridized carbons (Fsp3) is 0.222. The van der Waals surface area contributed by atoms with Crippen molar-refractivity contribution in [3.05, 3.63) is 96.3 Å². The predicted octanol–water partition coefficient (Wildman–Crippen LogP) is 10.3. The number of rotatable bonds is 4. The SMILES string of the molecule is CC(C)(C)c1ccc(-c2cccc(Oc3cc(-c4cc(C(C)(C)C)ccn4)c4oc5cccc6oc3c4c65)c2)nc1. The van der Waals surface area contributed by atoms with Crippen LogP contribution in [-0.4, -0.2) is 9.97 Å². The number of aromatic nitrogens is 2. The lowest BCUT2D eigenvalue weighted by Crippen LogP contribution is -2.11. The molecule has 0 amide bonds. The summed E-state index contributed by atoms with van der Waals surface area (Å²) in [6, 6.07) is 24.3. The van der Waals surface area contributed by atoms with Crippen molar-refractivity contribution in [1.82, 2.24) is 9.97 Å². The van der Waals surface area contributed by atoms with Gasteiger partial charge in [-0.1, -0.05) is 65.8 Å². The van der Waals surface area contributed by atoms with Crippen LogP contribution in [0, 0.1) is 0 Å². The number of hydrogen-bond donors (Lipinski definition) is 0. The highest BCUT2D eigenvalue weighted by molar-refractivity contribution is 6.24. The molecule has 0 atom stereocenters. The van der Waals surface area contributed by atoms with Crippen molar-refractivity contribution in [2.45, 2.75) is 52.4 Å². The summed E-state index contributed by atoms with van der Waals surface area (Å²) in [6.45, 7) is 13.2. The van der Waals surface area contributed by atoms with Gasteiger partial charge in [0.2, 0.25) is 0 Å². The lowest BCUT2D eigenvalue weighted by Gasteiger charge is -2.19. The molecule has 41 heavy (non-hydrogen) atoms. The molecule has 4 aromatic heterocycles. The van der Waals surface area contributed by atoms with Crippen LogP contribution in [0.4, 0.5) is 0 Å². The van der Waals surface area contributed by atoms with Crippen LogP contribution in [0.1, 0.15) is 52.7 Å². The van der Waals surface area contributed by atoms with Gasteiger partial charge in [0, 0.05) is 23.5 Å². The van der Waals surface area contributed by atoms with Gasteiger partial charge < -0.3 is 13.6 Å². The summed E-state index contributed by atoms with van der Waals surface area (Å²) < 4.78 is 19.4. The molecule has 5 heteroatoms. The van der Waals surface area contributed by atoms with Crippen molar-refractivity contribution < 1.29 is 13.6 Å². The molecule has 0 saturated heterocycles. The van der Waals surface area contributed by atoms with E-state index in [9.17, 15) is 0 Å². The Morgan fingerprint density at radius 3 is 2.07 bits per heavy atom. The van der Waals surface area contributed by atoms with Crippen molar-refractivity contribution in [1.29, 1.82) is 0 Å². The van der Waals surface area contributed by atoms with Crippen LogP contribution in [0.15, 0.2) is 94.0 Å². The molecule has 0 radical (unpaired) electrons. The summed E-state index contributed by atoms with van der Waals surface area (Å²) in [4.78, 5) is 9.50. The second kappa shape index (κ2) is 8.93. The molecule has 0 aliphatic rings. The van der Waals surface area contributed by atoms with Crippen LogP contribution >= 0.6 is 0 Å². The highest BCUT2D eigenvalue weighted by Gasteiger charge is 2.26. The number of furan rings is 2. The van der Waals surface area contributed by atoms with E-state index in [1.54, 1.807) is 0 Å². The van der Waals surface area contributed by atoms with E-state index in [1.807, 2.05) is 60.9 Å². The summed E-state index contributed by atoms with van der Waals surface area (Å²) in [5.74, 6) is 1.31. The van der Waals surface area contributed by atoms with Crippen LogP contribution in [0.25, 0.3) is 55.6 Å². The Labute approximate surface area is 239 Å². The maximum atomic E-state index is 6.59. The minimum Gasteiger partial charge on any atom is -0.455 e. The molecule has 0 unspecified atom stereocenters. The fourth-order valence-corrected chi connectivity index (χ4v) is 5.37. The lowest BCUT2D eigenvalue weighted by atomic mass is 9.87. The molecule has 4 heterocycles. The van der Waals surface area contributed by atoms with E-state index in [1.165, 1.54) is 11.1 Å². The molecule has 0 aliphatic heterocycles. The van der Waals surface area contributed by atoms with Crippen molar-refractivity contribution in [3.8, 4) is 34.0 Å². The van der Waals surface area contributed by atoms with E-state index in [0.29, 0.717) is 17.1 Å². The maximum absolute atomic E-state index is 6.59. The molecule has 0 spiro atoms. The summed E-state index contributed by atoms with van der Waals surface area (Å²) in [5.41, 5.74) is 8.97. The summed E-state index contributed by atoms with van der Waals surface area (Å²) >= 11 is 0. The molecule has 3 aromatic carbocycles. The van der Waals surface area contributed by atoms with Crippen LogP contribution in [0.5, 0.6) is 11.5 Å². The fourth-order valence-electron chi connectivity index (χ4n) is 5.37. The van der Waals surface area contributed by atoms with Gasteiger partial charge in [0.05, 0.1) is 22.2 Å². The van der Waals surface area contributed by atoms with Gasteiger partial charge in [-0.3, -0.25) is 9.97 Å². The summed E-state index contributed by atoms with van der Waals surface area (Å²) in [5, 5.41) is 1.88. The van der Waals surface area contributed by atoms with Crippen molar-refractivity contribution in [2.75, 3.05) is 0 Å². The van der Waals surface area contributed by atoms with Crippen LogP contribution in [0.2, 0.25) is 0 Å². The molecular weight excluding hydrogens is 508 g/mol. The van der Waals surface area contributed by atoms with Gasteiger partial charge in [0.1, 0.15) is 22.5 Å². The molecule has 0 aliphatic carbocycles. The molecular formula is C36H32N2O3. The van der Waals surface area contributed by atoms with Gasteiger partial charge in [0.15, 0.2) is 11.3 Å². The van der Waals surface area contributed by atoms with Crippen LogP contribution in [0.3, 0.4) is 0 Å². The molecule has 7 rings (SSSR count). The highest BCUT2D eigenvalue weighted by atomic mass is 16.5. The number of nitrogens with zero attached hydrogens (tertiary/aromatic N) is 2. The van der Waals surface area contributed by atoms with E-state index in [2.05, 4.69) is 65.8 Å². The molecule has 0 saturated carbocycles. The molecule has 5 nitrogen and oxygen atoms in total. The van der Waals surface area contributed by atoms with Gasteiger partial charge in [-0.05, 0) is 70.5 Å². The summed E-state index contributed by atoms with van der Waals surface area (Å²) in [7, 11) is 0. The van der Waals surface area contributed by atoms with Crippen LogP contribution in [-0.2, 0) is 10.8 Å². The second-order valence-electron chi connectivity index (χ2n) is 12.8. The first-order chi connectivity index (χ1) is 19.6. The first kappa shape index (κ1) is 25.3. The average Bonchev–Trinajstić information content (AvgIpc) is 3.54. The number of pyridine rings is 2. The zero-order chi connectivity index (χ0) is 28.5. The van der Waals surface area contributed by atoms with E-state index in [4.69, 9.17) is 23.5 Å². The molecule has 0 fully saturated rings. The largest absolute Gasteiger partial charge is 0.455 e. The number of benzene rings is 3. The van der Waals surface area contributed by atoms with Crippen molar-refractivity contribution in [2.24, 2.45) is 0 Å². The Morgan fingerprint density at radius 1 is 0.634 bits per heavy atom. The van der Waals surface area contributed by atoms with E-state index in [-0.39, 0.29) is 10.8 Å². The minimum absolute atomic E-state index is 0.0201. The third kappa shape index (κ3) is 4.33. The van der Waals surface area contributed by atoms with Crippen molar-refractivity contribution >= 4 is 33.1 Å². The molecule has 204 valence electrons. The average molecular weight is 541 g/mol. The first-order valence-corrected chi connectivity index (χ1v) is 14.0. The Morgan fingerprint density at radius 2 is 1.37 bits per heavy atom. The zero-order valence-corrected chi connectivity index (χ0v) is 24.2. The monoisotopic (exact) mass is 540 g/mol. The molecule has 7 aromatic rings. The Kier molecular flexibility index (Phi) is 5.52. The third-order valence-corrected chi connectivity index (χ3v) is 7.75. The van der Waals surface area contributed by atoms with E-state index in [0.717, 1.165) is 50.0 Å².